The van der Waals surface area contributed by atoms with Crippen LogP contribution >= 0.6 is 0 Å². The zero-order valence-corrected chi connectivity index (χ0v) is 5.37. The third-order valence-electron chi connectivity index (χ3n) is 1.00. The predicted molar refractivity (Wildman–Crippen MR) is 33.0 cm³/mol. The SMILES string of the molecule is O=C=NCC1=COCCO1. The maximum Gasteiger partial charge on any atom is 0.235 e. The number of hydrogen-bond donors (Lipinski definition) is 0. The molecular weight excluding hydrogens is 134 g/mol. The van der Waals surface area contributed by atoms with Crippen molar-refractivity contribution in [2.45, 2.75) is 0 Å². The van der Waals surface area contributed by atoms with E-state index in [0.717, 1.165) is 0 Å². The van der Waals surface area contributed by atoms with Crippen LogP contribution in [0.2, 0.25) is 0 Å². The molecule has 4 nitrogen and oxygen atoms in total. The van der Waals surface area contributed by atoms with Crippen molar-refractivity contribution < 1.29 is 14.3 Å². The molecule has 0 aliphatic carbocycles. The molecule has 1 heterocycles. The molecular formula is C6H7NO3. The molecule has 0 fully saturated rings. The number of hydrogen-bond acceptors (Lipinski definition) is 4. The number of aliphatic imine (C=N–C) groups is 1. The molecule has 1 aliphatic heterocycles. The van der Waals surface area contributed by atoms with E-state index >= 15 is 0 Å². The van der Waals surface area contributed by atoms with Gasteiger partial charge < -0.3 is 9.47 Å². The number of isocyanates is 1. The maximum atomic E-state index is 9.63. The Morgan fingerprint density at radius 3 is 3.20 bits per heavy atom. The molecule has 0 unspecified atom stereocenters. The van der Waals surface area contributed by atoms with Gasteiger partial charge in [-0.3, -0.25) is 0 Å². The fraction of sp³-hybridized carbons (Fsp3) is 0.500. The number of nitrogens with zero attached hydrogens (tertiary/aromatic N) is 1. The normalized spacial score (nSPS) is 15.8. The molecule has 0 N–H and O–H groups in total. The van der Waals surface area contributed by atoms with E-state index < -0.39 is 0 Å². The first-order valence-electron chi connectivity index (χ1n) is 2.90. The summed E-state index contributed by atoms with van der Waals surface area (Å²) >= 11 is 0. The zero-order chi connectivity index (χ0) is 7.23. The lowest BCUT2D eigenvalue weighted by atomic mass is 10.5. The van der Waals surface area contributed by atoms with Crippen LogP contribution < -0.4 is 0 Å². The Morgan fingerprint density at radius 2 is 2.60 bits per heavy atom. The van der Waals surface area contributed by atoms with Crippen LogP contribution in [0.3, 0.4) is 0 Å². The minimum absolute atomic E-state index is 0.226. The monoisotopic (exact) mass is 141 g/mol. The van der Waals surface area contributed by atoms with Crippen molar-refractivity contribution in [2.75, 3.05) is 19.8 Å². The van der Waals surface area contributed by atoms with Gasteiger partial charge in [0.25, 0.3) is 0 Å². The summed E-state index contributed by atoms with van der Waals surface area (Å²) in [5.41, 5.74) is 0. The van der Waals surface area contributed by atoms with Gasteiger partial charge in [0, 0.05) is 0 Å². The summed E-state index contributed by atoms with van der Waals surface area (Å²) in [7, 11) is 0. The molecule has 54 valence electrons. The zero-order valence-electron chi connectivity index (χ0n) is 5.37. The first kappa shape index (κ1) is 6.83. The van der Waals surface area contributed by atoms with Crippen molar-refractivity contribution in [3.05, 3.63) is 12.0 Å². The minimum atomic E-state index is 0.226. The van der Waals surface area contributed by atoms with E-state index in [1.54, 1.807) is 0 Å². The lowest BCUT2D eigenvalue weighted by Crippen LogP contribution is -2.09. The molecule has 0 spiro atoms. The molecule has 0 saturated carbocycles. The Morgan fingerprint density at radius 1 is 1.70 bits per heavy atom. The van der Waals surface area contributed by atoms with Crippen molar-refractivity contribution in [1.82, 2.24) is 0 Å². The van der Waals surface area contributed by atoms with Gasteiger partial charge in [-0.25, -0.2) is 4.79 Å². The van der Waals surface area contributed by atoms with Gasteiger partial charge >= 0.3 is 0 Å². The molecule has 0 aromatic rings. The van der Waals surface area contributed by atoms with Crippen LogP contribution in [0.25, 0.3) is 0 Å². The van der Waals surface area contributed by atoms with E-state index in [1.807, 2.05) is 0 Å². The Balaban J connectivity index is 2.38. The molecule has 0 aromatic heterocycles. The van der Waals surface area contributed by atoms with Crippen LogP contribution in [0.4, 0.5) is 0 Å². The molecule has 0 bridgehead atoms. The van der Waals surface area contributed by atoms with Gasteiger partial charge in [-0.2, -0.15) is 4.99 Å². The Labute approximate surface area is 58.2 Å². The largest absolute Gasteiger partial charge is 0.494 e. The molecule has 0 atom stereocenters. The van der Waals surface area contributed by atoms with E-state index in [1.165, 1.54) is 12.3 Å². The molecule has 0 radical (unpaired) electrons. The van der Waals surface area contributed by atoms with E-state index in [4.69, 9.17) is 9.47 Å². The standard InChI is InChI=1S/C6H7NO3/c8-5-7-3-6-4-9-1-2-10-6/h4H,1-3H2. The molecule has 10 heavy (non-hydrogen) atoms. The average molecular weight is 141 g/mol. The van der Waals surface area contributed by atoms with Crippen LogP contribution in [0, 0.1) is 0 Å². The highest BCUT2D eigenvalue weighted by atomic mass is 16.6. The molecule has 0 aromatic carbocycles. The van der Waals surface area contributed by atoms with Crippen LogP contribution in [-0.2, 0) is 14.3 Å². The van der Waals surface area contributed by atoms with Gasteiger partial charge in [0.05, 0.1) is 0 Å². The smallest absolute Gasteiger partial charge is 0.235 e. The van der Waals surface area contributed by atoms with Gasteiger partial charge in [-0.1, -0.05) is 0 Å². The molecule has 4 heteroatoms. The first-order valence-corrected chi connectivity index (χ1v) is 2.90. The predicted octanol–water partition coefficient (Wildman–Crippen LogP) is 0.210. The molecule has 1 aliphatic rings. The topological polar surface area (TPSA) is 47.9 Å². The fourth-order valence-electron chi connectivity index (χ4n) is 0.600. The van der Waals surface area contributed by atoms with Crippen LogP contribution in [-0.4, -0.2) is 25.8 Å². The maximum absolute atomic E-state index is 9.63. The molecule has 1 rings (SSSR count). The van der Waals surface area contributed by atoms with E-state index in [-0.39, 0.29) is 6.54 Å². The van der Waals surface area contributed by atoms with Gasteiger partial charge in [0.2, 0.25) is 6.08 Å². The fourth-order valence-corrected chi connectivity index (χ4v) is 0.600. The quantitative estimate of drug-likeness (QED) is 0.408. The van der Waals surface area contributed by atoms with Gasteiger partial charge in [0.15, 0.2) is 5.76 Å². The minimum Gasteiger partial charge on any atom is -0.494 e. The van der Waals surface area contributed by atoms with E-state index in [9.17, 15) is 4.79 Å². The Bertz CT molecular complexity index is 181. The second-order valence-electron chi connectivity index (χ2n) is 1.71. The Kier molecular flexibility index (Phi) is 2.52. The first-order chi connectivity index (χ1) is 4.93. The van der Waals surface area contributed by atoms with E-state index in [0.29, 0.717) is 19.0 Å². The molecule has 0 amide bonds. The van der Waals surface area contributed by atoms with Crippen molar-refractivity contribution in [2.24, 2.45) is 4.99 Å². The number of ether oxygens (including phenoxy) is 2. The third-order valence-corrected chi connectivity index (χ3v) is 1.00. The Hall–Kier alpha value is -1.28. The van der Waals surface area contributed by atoms with Crippen molar-refractivity contribution in [3.63, 3.8) is 0 Å². The second-order valence-corrected chi connectivity index (χ2v) is 1.71. The highest BCUT2D eigenvalue weighted by molar-refractivity contribution is 5.33. The van der Waals surface area contributed by atoms with Gasteiger partial charge in [-0.15, -0.1) is 0 Å². The molecule has 0 saturated heterocycles. The summed E-state index contributed by atoms with van der Waals surface area (Å²) in [5, 5.41) is 0. The van der Waals surface area contributed by atoms with E-state index in [2.05, 4.69) is 4.99 Å². The van der Waals surface area contributed by atoms with Crippen LogP contribution in [0.1, 0.15) is 0 Å². The lowest BCUT2D eigenvalue weighted by molar-refractivity contribution is 0.0834. The summed E-state index contributed by atoms with van der Waals surface area (Å²) in [6, 6.07) is 0. The van der Waals surface area contributed by atoms with Crippen molar-refractivity contribution in [3.8, 4) is 0 Å². The summed E-state index contributed by atoms with van der Waals surface area (Å²) in [4.78, 5) is 12.9. The van der Waals surface area contributed by atoms with Crippen LogP contribution in [0.5, 0.6) is 0 Å². The van der Waals surface area contributed by atoms with Crippen molar-refractivity contribution >= 4 is 6.08 Å². The van der Waals surface area contributed by atoms with Gasteiger partial charge in [0.1, 0.15) is 26.0 Å². The number of rotatable bonds is 2. The van der Waals surface area contributed by atoms with Crippen LogP contribution in [0.15, 0.2) is 17.0 Å². The highest BCUT2D eigenvalue weighted by Gasteiger charge is 2.02. The van der Waals surface area contributed by atoms with Crippen molar-refractivity contribution in [1.29, 1.82) is 0 Å². The average Bonchev–Trinajstić information content (AvgIpc) is 2.03. The summed E-state index contributed by atoms with van der Waals surface area (Å²) in [6.07, 6.45) is 2.88. The number of carbonyl (C=O) groups excluding carboxylic acids is 1. The highest BCUT2D eigenvalue weighted by Crippen LogP contribution is 2.02. The summed E-state index contributed by atoms with van der Waals surface area (Å²) in [6.45, 7) is 1.32. The summed E-state index contributed by atoms with van der Waals surface area (Å²) in [5.74, 6) is 0.578. The third kappa shape index (κ3) is 1.91. The lowest BCUT2D eigenvalue weighted by Gasteiger charge is -2.12. The van der Waals surface area contributed by atoms with Gasteiger partial charge in [-0.05, 0) is 0 Å². The second kappa shape index (κ2) is 3.69. The summed E-state index contributed by atoms with van der Waals surface area (Å²) < 4.78 is 9.95.